The Morgan fingerprint density at radius 1 is 1.11 bits per heavy atom. The van der Waals surface area contributed by atoms with E-state index in [-0.39, 0.29) is 5.91 Å². The molecule has 0 radical (unpaired) electrons. The Morgan fingerprint density at radius 2 is 1.96 bits per heavy atom. The molecule has 7 heteroatoms. The number of fused-ring (bicyclic) bond motifs is 2. The Morgan fingerprint density at radius 3 is 2.85 bits per heavy atom. The maximum atomic E-state index is 13.0. The third kappa shape index (κ3) is 3.31. The van der Waals surface area contributed by atoms with Crippen molar-refractivity contribution in [2.24, 2.45) is 0 Å². The summed E-state index contributed by atoms with van der Waals surface area (Å²) >= 11 is 1.74. The smallest absolute Gasteiger partial charge is 0.263 e. The number of hydrogen-bond donors (Lipinski definition) is 1. The van der Waals surface area contributed by atoms with Crippen LogP contribution in [-0.4, -0.2) is 45.2 Å². The second-order valence-corrected chi connectivity index (χ2v) is 9.13. The Hall–Kier alpha value is -1.73. The fourth-order valence-electron chi connectivity index (χ4n) is 4.69. The minimum atomic E-state index is 0.235. The van der Waals surface area contributed by atoms with Crippen molar-refractivity contribution < 1.29 is 4.79 Å². The number of carbonyl (C=O) groups excluding carboxylic acids is 1. The van der Waals surface area contributed by atoms with Crippen molar-refractivity contribution in [2.45, 2.75) is 64.0 Å². The van der Waals surface area contributed by atoms with Crippen LogP contribution in [0.15, 0.2) is 6.07 Å². The van der Waals surface area contributed by atoms with Crippen molar-refractivity contribution in [3.05, 3.63) is 33.0 Å². The molecule has 0 aromatic carbocycles. The van der Waals surface area contributed by atoms with Gasteiger partial charge in [-0.3, -0.25) is 4.79 Å². The zero-order chi connectivity index (χ0) is 18.2. The lowest BCUT2D eigenvalue weighted by Crippen LogP contribution is -2.38. The summed E-state index contributed by atoms with van der Waals surface area (Å²) in [5.41, 5.74) is 1.43. The number of thiophene rings is 1. The average molecular weight is 386 g/mol. The third-order valence-corrected chi connectivity index (χ3v) is 7.48. The van der Waals surface area contributed by atoms with Crippen LogP contribution >= 0.6 is 11.3 Å². The molecule has 2 aliphatic heterocycles. The summed E-state index contributed by atoms with van der Waals surface area (Å²) in [6.07, 6.45) is 8.13. The van der Waals surface area contributed by atoms with Crippen LogP contribution in [-0.2, 0) is 25.9 Å². The molecule has 2 aromatic heterocycles. The number of nitrogens with one attached hydrogen (secondary N) is 1. The first-order valence-corrected chi connectivity index (χ1v) is 11.1. The van der Waals surface area contributed by atoms with E-state index in [0.717, 1.165) is 74.9 Å². The standard InChI is InChI=1S/C20H27N5OS/c26-20(17-12-15-4-2-1-3-5-16(15)27-17)24-9-6-14(7-10-24)19-23-22-18-13-21-8-11-25(18)19/h12,14,21H,1-11,13H2. The molecular formula is C20H27N5OS. The van der Waals surface area contributed by atoms with Crippen LogP contribution < -0.4 is 5.32 Å². The van der Waals surface area contributed by atoms with Gasteiger partial charge >= 0.3 is 0 Å². The number of piperidine rings is 1. The van der Waals surface area contributed by atoms with Gasteiger partial charge in [-0.15, -0.1) is 21.5 Å². The summed E-state index contributed by atoms with van der Waals surface area (Å²) in [7, 11) is 0. The second kappa shape index (κ2) is 7.36. The highest BCUT2D eigenvalue weighted by atomic mass is 32.1. The zero-order valence-electron chi connectivity index (χ0n) is 15.7. The SMILES string of the molecule is O=C(c1cc2c(s1)CCCCC2)N1CCC(c2nnc3n2CCNC3)CC1. The van der Waals surface area contributed by atoms with Crippen LogP contribution in [0.25, 0.3) is 0 Å². The molecule has 6 nitrogen and oxygen atoms in total. The van der Waals surface area contributed by atoms with Gasteiger partial charge in [0.25, 0.3) is 5.91 Å². The quantitative estimate of drug-likeness (QED) is 0.808. The van der Waals surface area contributed by atoms with E-state index in [1.807, 2.05) is 0 Å². The molecular weight excluding hydrogens is 358 g/mol. The zero-order valence-corrected chi connectivity index (χ0v) is 16.6. The van der Waals surface area contributed by atoms with Crippen LogP contribution in [0.5, 0.6) is 0 Å². The Kier molecular flexibility index (Phi) is 4.73. The van der Waals surface area contributed by atoms with Gasteiger partial charge in [-0.2, -0.15) is 0 Å². The molecule has 1 fully saturated rings. The predicted octanol–water partition coefficient (Wildman–Crippen LogP) is 2.73. The molecule has 27 heavy (non-hydrogen) atoms. The second-order valence-electron chi connectivity index (χ2n) is 7.99. The lowest BCUT2D eigenvalue weighted by molar-refractivity contribution is 0.0715. The van der Waals surface area contributed by atoms with Crippen LogP contribution in [0.1, 0.15) is 69.8 Å². The van der Waals surface area contributed by atoms with Gasteiger partial charge in [0.15, 0.2) is 0 Å². The molecule has 0 spiro atoms. The normalized spacial score (nSPS) is 20.8. The van der Waals surface area contributed by atoms with Gasteiger partial charge < -0.3 is 14.8 Å². The van der Waals surface area contributed by atoms with Crippen molar-refractivity contribution >= 4 is 17.2 Å². The highest BCUT2D eigenvalue weighted by Gasteiger charge is 2.30. The highest BCUT2D eigenvalue weighted by Crippen LogP contribution is 2.32. The largest absolute Gasteiger partial charge is 0.338 e. The summed E-state index contributed by atoms with van der Waals surface area (Å²) in [6, 6.07) is 2.18. The number of rotatable bonds is 2. The van der Waals surface area contributed by atoms with Gasteiger partial charge in [0.2, 0.25) is 0 Å². The molecule has 1 aliphatic carbocycles. The van der Waals surface area contributed by atoms with Crippen LogP contribution in [0.2, 0.25) is 0 Å². The van der Waals surface area contributed by atoms with Crippen LogP contribution in [0.3, 0.4) is 0 Å². The first kappa shape index (κ1) is 17.4. The third-order valence-electron chi connectivity index (χ3n) is 6.26. The molecule has 0 saturated carbocycles. The summed E-state index contributed by atoms with van der Waals surface area (Å²) in [6.45, 7) is 4.41. The fraction of sp³-hybridized carbons (Fsp3) is 0.650. The first-order chi connectivity index (χ1) is 13.3. The van der Waals surface area contributed by atoms with Crippen molar-refractivity contribution in [3.63, 3.8) is 0 Å². The van der Waals surface area contributed by atoms with Gasteiger partial charge in [-0.1, -0.05) is 6.42 Å². The molecule has 0 bridgehead atoms. The lowest BCUT2D eigenvalue weighted by atomic mass is 9.95. The topological polar surface area (TPSA) is 63.1 Å². The Labute approximate surface area is 164 Å². The van der Waals surface area contributed by atoms with Gasteiger partial charge in [-0.25, -0.2) is 0 Å². The van der Waals surface area contributed by atoms with Crippen LogP contribution in [0, 0.1) is 0 Å². The van der Waals surface area contributed by atoms with Gasteiger partial charge in [0.05, 0.1) is 11.4 Å². The summed E-state index contributed by atoms with van der Waals surface area (Å²) in [5.74, 6) is 2.84. The minimum absolute atomic E-state index is 0.235. The van der Waals surface area contributed by atoms with Crippen molar-refractivity contribution in [2.75, 3.05) is 19.6 Å². The molecule has 0 unspecified atom stereocenters. The number of carbonyl (C=O) groups is 1. The van der Waals surface area contributed by atoms with Crippen molar-refractivity contribution in [1.82, 2.24) is 25.0 Å². The maximum Gasteiger partial charge on any atom is 0.263 e. The summed E-state index contributed by atoms with van der Waals surface area (Å²) in [4.78, 5) is 17.5. The van der Waals surface area contributed by atoms with E-state index >= 15 is 0 Å². The monoisotopic (exact) mass is 385 g/mol. The fourth-order valence-corrected chi connectivity index (χ4v) is 5.91. The molecule has 1 N–H and O–H groups in total. The van der Waals surface area contributed by atoms with Crippen LogP contribution in [0.4, 0.5) is 0 Å². The van der Waals surface area contributed by atoms with E-state index in [9.17, 15) is 4.79 Å². The van der Waals surface area contributed by atoms with Gasteiger partial charge in [0.1, 0.15) is 11.6 Å². The Balaban J connectivity index is 1.25. The predicted molar refractivity (Wildman–Crippen MR) is 105 cm³/mol. The molecule has 5 rings (SSSR count). The maximum absolute atomic E-state index is 13.0. The average Bonchev–Trinajstić information content (AvgIpc) is 3.26. The summed E-state index contributed by atoms with van der Waals surface area (Å²) < 4.78 is 2.29. The summed E-state index contributed by atoms with van der Waals surface area (Å²) in [5, 5.41) is 12.2. The first-order valence-electron chi connectivity index (χ1n) is 10.3. The molecule has 0 atom stereocenters. The lowest BCUT2D eigenvalue weighted by Gasteiger charge is -2.31. The van der Waals surface area contributed by atoms with E-state index < -0.39 is 0 Å². The number of aromatic nitrogens is 3. The highest BCUT2D eigenvalue weighted by molar-refractivity contribution is 7.14. The molecule has 3 aliphatic rings. The number of amides is 1. The molecule has 4 heterocycles. The molecule has 144 valence electrons. The minimum Gasteiger partial charge on any atom is -0.338 e. The number of aryl methyl sites for hydroxylation is 2. The van der Waals surface area contributed by atoms with Crippen molar-refractivity contribution in [1.29, 1.82) is 0 Å². The molecule has 2 aromatic rings. The van der Waals surface area contributed by atoms with E-state index in [4.69, 9.17) is 0 Å². The van der Waals surface area contributed by atoms with E-state index in [1.54, 1.807) is 11.3 Å². The number of likely N-dealkylation sites (tertiary alicyclic amines) is 1. The van der Waals surface area contributed by atoms with Crippen molar-refractivity contribution in [3.8, 4) is 0 Å². The number of hydrogen-bond acceptors (Lipinski definition) is 5. The van der Waals surface area contributed by atoms with E-state index in [0.29, 0.717) is 5.92 Å². The van der Waals surface area contributed by atoms with E-state index in [2.05, 4.69) is 31.0 Å². The number of nitrogens with zero attached hydrogens (tertiary/aromatic N) is 4. The van der Waals surface area contributed by atoms with E-state index in [1.165, 1.54) is 29.7 Å². The molecule has 1 amide bonds. The molecule has 1 saturated heterocycles. The van der Waals surface area contributed by atoms with Gasteiger partial charge in [-0.05, 0) is 50.2 Å². The Bertz CT molecular complexity index is 810. The van der Waals surface area contributed by atoms with Gasteiger partial charge in [0, 0.05) is 37.0 Å².